The zero-order valence-electron chi connectivity index (χ0n) is 10.2. The van der Waals surface area contributed by atoms with Crippen LogP contribution >= 0.6 is 11.5 Å². The molecule has 7 heteroatoms. The fourth-order valence-corrected chi connectivity index (χ4v) is 2.45. The SMILES string of the molecule is CNc1snnc1Cn1c(=O)cnc2ccccc21. The Bertz CT molecular complexity index is 779. The van der Waals surface area contributed by atoms with E-state index in [1.807, 2.05) is 31.3 Å². The van der Waals surface area contributed by atoms with Crippen LogP contribution in [0.1, 0.15) is 5.69 Å². The van der Waals surface area contributed by atoms with Crippen molar-refractivity contribution in [2.24, 2.45) is 0 Å². The average Bonchev–Trinajstić information content (AvgIpc) is 2.89. The normalized spacial score (nSPS) is 10.8. The fraction of sp³-hybridized carbons (Fsp3) is 0.167. The molecule has 0 saturated heterocycles. The molecule has 0 atom stereocenters. The molecular formula is C12H11N5OS. The molecule has 1 N–H and O–H groups in total. The highest BCUT2D eigenvalue weighted by Crippen LogP contribution is 2.18. The third kappa shape index (κ3) is 2.08. The summed E-state index contributed by atoms with van der Waals surface area (Å²) in [6, 6.07) is 7.54. The Labute approximate surface area is 112 Å². The monoisotopic (exact) mass is 273 g/mol. The van der Waals surface area contributed by atoms with Crippen molar-refractivity contribution in [3.8, 4) is 0 Å². The molecule has 19 heavy (non-hydrogen) atoms. The molecule has 0 amide bonds. The van der Waals surface area contributed by atoms with Gasteiger partial charge in [0.15, 0.2) is 0 Å². The first-order valence-corrected chi connectivity index (χ1v) is 6.50. The molecular weight excluding hydrogens is 262 g/mol. The van der Waals surface area contributed by atoms with Crippen LogP contribution < -0.4 is 10.9 Å². The van der Waals surface area contributed by atoms with E-state index in [0.717, 1.165) is 21.7 Å². The number of anilines is 1. The van der Waals surface area contributed by atoms with Gasteiger partial charge < -0.3 is 5.32 Å². The number of benzene rings is 1. The molecule has 0 spiro atoms. The van der Waals surface area contributed by atoms with Gasteiger partial charge in [-0.1, -0.05) is 16.6 Å². The van der Waals surface area contributed by atoms with Crippen LogP contribution in [0.5, 0.6) is 0 Å². The van der Waals surface area contributed by atoms with Crippen molar-refractivity contribution < 1.29 is 0 Å². The first-order valence-electron chi connectivity index (χ1n) is 5.73. The summed E-state index contributed by atoms with van der Waals surface area (Å²) < 4.78 is 5.55. The van der Waals surface area contributed by atoms with E-state index >= 15 is 0 Å². The molecule has 2 aromatic heterocycles. The molecule has 0 saturated carbocycles. The molecule has 0 aliphatic carbocycles. The highest BCUT2D eigenvalue weighted by Gasteiger charge is 2.10. The third-order valence-electron chi connectivity index (χ3n) is 2.84. The van der Waals surface area contributed by atoms with Crippen molar-refractivity contribution in [2.45, 2.75) is 6.54 Å². The van der Waals surface area contributed by atoms with Crippen LogP contribution in [0.15, 0.2) is 35.3 Å². The third-order valence-corrected chi connectivity index (χ3v) is 3.63. The summed E-state index contributed by atoms with van der Waals surface area (Å²) in [7, 11) is 1.81. The largest absolute Gasteiger partial charge is 0.377 e. The van der Waals surface area contributed by atoms with Crippen molar-refractivity contribution in [2.75, 3.05) is 12.4 Å². The lowest BCUT2D eigenvalue weighted by molar-refractivity contribution is 0.761. The number of nitrogens with one attached hydrogen (secondary N) is 1. The first kappa shape index (κ1) is 11.8. The van der Waals surface area contributed by atoms with Crippen molar-refractivity contribution >= 4 is 27.6 Å². The molecule has 1 aromatic carbocycles. The molecule has 3 rings (SSSR count). The van der Waals surface area contributed by atoms with E-state index in [4.69, 9.17) is 0 Å². The van der Waals surface area contributed by atoms with Gasteiger partial charge in [0, 0.05) is 18.6 Å². The van der Waals surface area contributed by atoms with Crippen LogP contribution in [-0.4, -0.2) is 26.2 Å². The maximum absolute atomic E-state index is 12.0. The van der Waals surface area contributed by atoms with Crippen molar-refractivity contribution in [1.29, 1.82) is 0 Å². The Morgan fingerprint density at radius 3 is 3.05 bits per heavy atom. The van der Waals surface area contributed by atoms with Crippen LogP contribution in [0.4, 0.5) is 5.00 Å². The van der Waals surface area contributed by atoms with E-state index in [9.17, 15) is 4.79 Å². The molecule has 0 unspecified atom stereocenters. The van der Waals surface area contributed by atoms with Crippen LogP contribution in [0, 0.1) is 0 Å². The molecule has 6 nitrogen and oxygen atoms in total. The highest BCUT2D eigenvalue weighted by molar-refractivity contribution is 7.10. The summed E-state index contributed by atoms with van der Waals surface area (Å²) in [4.78, 5) is 16.1. The minimum atomic E-state index is -0.145. The molecule has 0 aliphatic heterocycles. The summed E-state index contributed by atoms with van der Waals surface area (Å²) in [5.41, 5.74) is 2.20. The van der Waals surface area contributed by atoms with Crippen LogP contribution in [0.25, 0.3) is 11.0 Å². The fourth-order valence-electron chi connectivity index (χ4n) is 1.93. The number of fused-ring (bicyclic) bond motifs is 1. The van der Waals surface area contributed by atoms with Gasteiger partial charge in [-0.3, -0.25) is 9.36 Å². The van der Waals surface area contributed by atoms with E-state index in [1.54, 1.807) is 4.57 Å². The molecule has 0 fully saturated rings. The lowest BCUT2D eigenvalue weighted by Gasteiger charge is -2.08. The Kier molecular flexibility index (Phi) is 2.96. The van der Waals surface area contributed by atoms with Gasteiger partial charge in [0.25, 0.3) is 5.56 Å². The first-order chi connectivity index (χ1) is 9.29. The lowest BCUT2D eigenvalue weighted by Crippen LogP contribution is -2.21. The Morgan fingerprint density at radius 2 is 2.21 bits per heavy atom. The van der Waals surface area contributed by atoms with Gasteiger partial charge in [0.1, 0.15) is 10.7 Å². The van der Waals surface area contributed by atoms with Crippen LogP contribution in [0.2, 0.25) is 0 Å². The smallest absolute Gasteiger partial charge is 0.269 e. The topological polar surface area (TPSA) is 72.7 Å². The van der Waals surface area contributed by atoms with E-state index in [0.29, 0.717) is 6.54 Å². The number of rotatable bonds is 3. The average molecular weight is 273 g/mol. The lowest BCUT2D eigenvalue weighted by atomic mass is 10.3. The Morgan fingerprint density at radius 1 is 1.37 bits per heavy atom. The number of hydrogen-bond acceptors (Lipinski definition) is 6. The molecule has 0 bridgehead atoms. The zero-order chi connectivity index (χ0) is 13.2. The summed E-state index contributed by atoms with van der Waals surface area (Å²) in [6.07, 6.45) is 1.33. The van der Waals surface area contributed by atoms with E-state index in [-0.39, 0.29) is 5.56 Å². The van der Waals surface area contributed by atoms with E-state index in [1.165, 1.54) is 17.7 Å². The summed E-state index contributed by atoms with van der Waals surface area (Å²) in [6.45, 7) is 0.383. The summed E-state index contributed by atoms with van der Waals surface area (Å²) in [5.74, 6) is 0. The minimum absolute atomic E-state index is 0.145. The zero-order valence-corrected chi connectivity index (χ0v) is 11.0. The standard InChI is InChI=1S/C12H11N5OS/c1-13-12-9(15-16-19-12)7-17-10-5-3-2-4-8(10)14-6-11(17)18/h2-6,13H,7H2,1H3. The maximum Gasteiger partial charge on any atom is 0.269 e. The Hall–Kier alpha value is -2.28. The quantitative estimate of drug-likeness (QED) is 0.779. The van der Waals surface area contributed by atoms with Crippen LogP contribution in [0.3, 0.4) is 0 Å². The number of aromatic nitrogens is 4. The minimum Gasteiger partial charge on any atom is -0.377 e. The maximum atomic E-state index is 12.0. The number of hydrogen-bond donors (Lipinski definition) is 1. The number of nitrogens with zero attached hydrogens (tertiary/aromatic N) is 4. The molecule has 0 radical (unpaired) electrons. The van der Waals surface area contributed by atoms with Gasteiger partial charge in [-0.05, 0) is 12.1 Å². The second kappa shape index (κ2) is 4.77. The Balaban J connectivity index is 2.15. The van der Waals surface area contributed by atoms with Crippen LogP contribution in [-0.2, 0) is 6.54 Å². The highest BCUT2D eigenvalue weighted by atomic mass is 32.1. The molecule has 2 heterocycles. The predicted octanol–water partition coefficient (Wildman–Crippen LogP) is 1.34. The van der Waals surface area contributed by atoms with Gasteiger partial charge >= 0.3 is 0 Å². The van der Waals surface area contributed by atoms with Crippen molar-refractivity contribution in [1.82, 2.24) is 19.1 Å². The summed E-state index contributed by atoms with van der Waals surface area (Å²) in [5, 5.41) is 7.95. The number of para-hydroxylation sites is 2. The second-order valence-corrected chi connectivity index (χ2v) is 4.72. The van der Waals surface area contributed by atoms with Crippen molar-refractivity contribution in [3.05, 3.63) is 46.5 Å². The van der Waals surface area contributed by atoms with E-state index in [2.05, 4.69) is 19.9 Å². The molecule has 96 valence electrons. The van der Waals surface area contributed by atoms with Gasteiger partial charge in [-0.2, -0.15) is 0 Å². The molecule has 0 aliphatic rings. The van der Waals surface area contributed by atoms with Gasteiger partial charge in [0.05, 0.1) is 23.8 Å². The second-order valence-electron chi connectivity index (χ2n) is 3.97. The predicted molar refractivity (Wildman–Crippen MR) is 74.6 cm³/mol. The molecule has 3 aromatic rings. The van der Waals surface area contributed by atoms with E-state index < -0.39 is 0 Å². The summed E-state index contributed by atoms with van der Waals surface area (Å²) >= 11 is 1.28. The van der Waals surface area contributed by atoms with Gasteiger partial charge in [-0.15, -0.1) is 5.10 Å². The van der Waals surface area contributed by atoms with Crippen molar-refractivity contribution in [3.63, 3.8) is 0 Å². The van der Waals surface area contributed by atoms with Gasteiger partial charge in [-0.25, -0.2) is 4.98 Å². The van der Waals surface area contributed by atoms with Gasteiger partial charge in [0.2, 0.25) is 0 Å².